The summed E-state index contributed by atoms with van der Waals surface area (Å²) in [5, 5.41) is 5.53. The fourth-order valence-electron chi connectivity index (χ4n) is 1.63. The van der Waals surface area contributed by atoms with Crippen molar-refractivity contribution in [3.63, 3.8) is 0 Å². The normalized spacial score (nSPS) is 10.6. The molecule has 0 aliphatic heterocycles. The molecule has 1 heterocycles. The number of benzene rings is 1. The topological polar surface area (TPSA) is 38.0 Å². The fraction of sp³-hybridized carbons (Fsp3) is 0.231. The van der Waals surface area contributed by atoms with E-state index in [9.17, 15) is 0 Å². The Morgan fingerprint density at radius 3 is 2.81 bits per heavy atom. The average Bonchev–Trinajstić information content (AvgIpc) is 2.77. The second-order valence-electron chi connectivity index (χ2n) is 3.81. The van der Waals surface area contributed by atoms with Crippen molar-refractivity contribution in [1.29, 1.82) is 0 Å². The maximum absolute atomic E-state index is 5.86. The molecule has 0 aliphatic rings. The van der Waals surface area contributed by atoms with E-state index in [0.717, 1.165) is 18.8 Å². The van der Waals surface area contributed by atoms with Crippen LogP contribution in [0.3, 0.4) is 0 Å². The molecule has 0 saturated heterocycles. The summed E-state index contributed by atoms with van der Waals surface area (Å²) >= 11 is 1.78. The quantitative estimate of drug-likeness (QED) is 0.795. The zero-order valence-electron chi connectivity index (χ0n) is 9.36. The van der Waals surface area contributed by atoms with Gasteiger partial charge in [-0.3, -0.25) is 0 Å². The number of anilines is 1. The lowest BCUT2D eigenvalue weighted by Gasteiger charge is -2.08. The maximum Gasteiger partial charge on any atom is 0.0346 e. The summed E-state index contributed by atoms with van der Waals surface area (Å²) in [5.74, 6) is 0. The van der Waals surface area contributed by atoms with E-state index in [-0.39, 0.29) is 0 Å². The highest BCUT2D eigenvalue weighted by Gasteiger charge is 2.00. The van der Waals surface area contributed by atoms with Gasteiger partial charge in [-0.1, -0.05) is 18.2 Å². The minimum atomic E-state index is 0.870. The summed E-state index contributed by atoms with van der Waals surface area (Å²) < 4.78 is 0. The monoisotopic (exact) mass is 232 g/mol. The average molecular weight is 232 g/mol. The highest BCUT2D eigenvalue weighted by Crippen LogP contribution is 2.15. The Kier molecular flexibility index (Phi) is 3.59. The fourth-order valence-corrected chi connectivity index (χ4v) is 2.30. The number of nitrogen functional groups attached to an aromatic ring is 1. The van der Waals surface area contributed by atoms with Crippen molar-refractivity contribution in [2.24, 2.45) is 0 Å². The zero-order valence-corrected chi connectivity index (χ0v) is 10.2. The highest BCUT2D eigenvalue weighted by molar-refractivity contribution is 7.09. The van der Waals surface area contributed by atoms with Crippen molar-refractivity contribution in [3.05, 3.63) is 51.7 Å². The van der Waals surface area contributed by atoms with Crippen molar-refractivity contribution < 1.29 is 0 Å². The van der Waals surface area contributed by atoms with Crippen LogP contribution in [0.25, 0.3) is 0 Å². The van der Waals surface area contributed by atoms with E-state index in [0.29, 0.717) is 0 Å². The summed E-state index contributed by atoms with van der Waals surface area (Å²) in [5.41, 5.74) is 9.19. The number of thiophene rings is 1. The third-order valence-corrected chi connectivity index (χ3v) is 3.56. The van der Waals surface area contributed by atoms with Crippen LogP contribution in [-0.2, 0) is 13.1 Å². The van der Waals surface area contributed by atoms with Gasteiger partial charge in [0.2, 0.25) is 0 Å². The van der Waals surface area contributed by atoms with E-state index >= 15 is 0 Å². The Morgan fingerprint density at radius 1 is 1.19 bits per heavy atom. The Hall–Kier alpha value is -1.32. The number of rotatable bonds is 4. The second kappa shape index (κ2) is 5.14. The molecule has 1 aromatic heterocycles. The van der Waals surface area contributed by atoms with Gasteiger partial charge in [-0.25, -0.2) is 0 Å². The lowest BCUT2D eigenvalue weighted by Crippen LogP contribution is -2.13. The van der Waals surface area contributed by atoms with Crippen LogP contribution >= 0.6 is 11.3 Å². The molecule has 16 heavy (non-hydrogen) atoms. The standard InChI is InChI=1S/C13H16N2S/c1-10-11(4-2-6-13(10)14)8-15-9-12-5-3-7-16-12/h2-7,15H,8-9,14H2,1H3. The van der Waals surface area contributed by atoms with E-state index in [2.05, 4.69) is 35.8 Å². The van der Waals surface area contributed by atoms with E-state index in [1.165, 1.54) is 16.0 Å². The van der Waals surface area contributed by atoms with Gasteiger partial charge in [0.15, 0.2) is 0 Å². The van der Waals surface area contributed by atoms with Crippen molar-refractivity contribution in [3.8, 4) is 0 Å². The zero-order chi connectivity index (χ0) is 11.4. The minimum absolute atomic E-state index is 0.870. The molecule has 84 valence electrons. The number of nitrogens with one attached hydrogen (secondary N) is 1. The molecule has 0 spiro atoms. The van der Waals surface area contributed by atoms with Gasteiger partial charge in [-0.15, -0.1) is 11.3 Å². The first-order valence-electron chi connectivity index (χ1n) is 5.34. The van der Waals surface area contributed by atoms with Crippen LogP contribution < -0.4 is 11.1 Å². The summed E-state index contributed by atoms with van der Waals surface area (Å²) in [6, 6.07) is 10.3. The number of nitrogens with two attached hydrogens (primary N) is 1. The van der Waals surface area contributed by atoms with E-state index in [4.69, 9.17) is 5.73 Å². The molecule has 0 bridgehead atoms. The van der Waals surface area contributed by atoms with E-state index < -0.39 is 0 Å². The first-order valence-corrected chi connectivity index (χ1v) is 6.22. The van der Waals surface area contributed by atoms with Crippen LogP contribution in [0.1, 0.15) is 16.0 Å². The smallest absolute Gasteiger partial charge is 0.0346 e. The first-order chi connectivity index (χ1) is 7.77. The number of hydrogen-bond acceptors (Lipinski definition) is 3. The van der Waals surface area contributed by atoms with Gasteiger partial charge < -0.3 is 11.1 Å². The molecule has 0 amide bonds. The van der Waals surface area contributed by atoms with Crippen LogP contribution in [0.4, 0.5) is 5.69 Å². The lowest BCUT2D eigenvalue weighted by molar-refractivity contribution is 0.698. The molecule has 3 heteroatoms. The largest absolute Gasteiger partial charge is 0.399 e. The predicted octanol–water partition coefficient (Wildman–Crippen LogP) is 2.93. The van der Waals surface area contributed by atoms with Crippen LogP contribution in [0, 0.1) is 6.92 Å². The summed E-state index contributed by atoms with van der Waals surface area (Å²) in [7, 11) is 0. The van der Waals surface area contributed by atoms with Crippen molar-refractivity contribution >= 4 is 17.0 Å². The van der Waals surface area contributed by atoms with E-state index in [1.54, 1.807) is 11.3 Å². The van der Waals surface area contributed by atoms with Crippen molar-refractivity contribution in [2.75, 3.05) is 5.73 Å². The molecule has 0 radical (unpaired) electrons. The minimum Gasteiger partial charge on any atom is -0.399 e. The molecule has 0 unspecified atom stereocenters. The van der Waals surface area contributed by atoms with Gasteiger partial charge in [-0.05, 0) is 35.6 Å². The molecule has 0 atom stereocenters. The molecular formula is C13H16N2S. The van der Waals surface area contributed by atoms with Gasteiger partial charge in [0.1, 0.15) is 0 Å². The van der Waals surface area contributed by atoms with Crippen molar-refractivity contribution in [1.82, 2.24) is 5.32 Å². The van der Waals surface area contributed by atoms with Gasteiger partial charge in [0.25, 0.3) is 0 Å². The molecule has 2 rings (SSSR count). The lowest BCUT2D eigenvalue weighted by atomic mass is 10.1. The summed E-state index contributed by atoms with van der Waals surface area (Å²) in [4.78, 5) is 1.36. The van der Waals surface area contributed by atoms with Crippen LogP contribution in [0.5, 0.6) is 0 Å². The van der Waals surface area contributed by atoms with Crippen LogP contribution in [-0.4, -0.2) is 0 Å². The molecule has 0 saturated carbocycles. The third kappa shape index (κ3) is 2.62. The highest BCUT2D eigenvalue weighted by atomic mass is 32.1. The Bertz CT molecular complexity index is 449. The van der Waals surface area contributed by atoms with Gasteiger partial charge in [-0.2, -0.15) is 0 Å². The van der Waals surface area contributed by atoms with Crippen LogP contribution in [0.15, 0.2) is 35.7 Å². The Morgan fingerprint density at radius 2 is 2.06 bits per heavy atom. The molecular weight excluding hydrogens is 216 g/mol. The van der Waals surface area contributed by atoms with Gasteiger partial charge >= 0.3 is 0 Å². The van der Waals surface area contributed by atoms with E-state index in [1.807, 2.05) is 12.1 Å². The second-order valence-corrected chi connectivity index (χ2v) is 4.85. The maximum atomic E-state index is 5.86. The molecule has 0 aliphatic carbocycles. The Balaban J connectivity index is 1.92. The molecule has 1 aromatic carbocycles. The summed E-state index contributed by atoms with van der Waals surface area (Å²) in [6.45, 7) is 3.86. The molecule has 2 nitrogen and oxygen atoms in total. The summed E-state index contributed by atoms with van der Waals surface area (Å²) in [6.07, 6.45) is 0. The predicted molar refractivity (Wildman–Crippen MR) is 70.5 cm³/mol. The Labute approximate surface area is 100 Å². The molecule has 2 aromatic rings. The number of hydrogen-bond donors (Lipinski definition) is 2. The van der Waals surface area contributed by atoms with Gasteiger partial charge in [0, 0.05) is 23.7 Å². The first kappa shape index (κ1) is 11.2. The third-order valence-electron chi connectivity index (χ3n) is 2.68. The van der Waals surface area contributed by atoms with Gasteiger partial charge in [0.05, 0.1) is 0 Å². The molecule has 3 N–H and O–H groups in total. The van der Waals surface area contributed by atoms with Crippen LogP contribution in [0.2, 0.25) is 0 Å². The SMILES string of the molecule is Cc1c(N)cccc1CNCc1cccs1. The van der Waals surface area contributed by atoms with Crippen molar-refractivity contribution in [2.45, 2.75) is 20.0 Å². The molecule has 0 fully saturated rings.